The van der Waals surface area contributed by atoms with Crippen LogP contribution in [0, 0.1) is 13.8 Å². The third-order valence-corrected chi connectivity index (χ3v) is 3.28. The molecule has 3 N–H and O–H groups in total. The molecule has 108 valence electrons. The quantitative estimate of drug-likeness (QED) is 0.599. The maximum absolute atomic E-state index is 12.1. The molecule has 0 saturated heterocycles. The van der Waals surface area contributed by atoms with E-state index in [1.165, 1.54) is 12.1 Å². The summed E-state index contributed by atoms with van der Waals surface area (Å²) in [6.45, 7) is 3.94. The van der Waals surface area contributed by atoms with Crippen LogP contribution in [0.5, 0.6) is 0 Å². The van der Waals surface area contributed by atoms with E-state index in [0.717, 1.165) is 11.1 Å². The van der Waals surface area contributed by atoms with Gasteiger partial charge in [-0.3, -0.25) is 14.8 Å². The molecule has 0 atom stereocenters. The van der Waals surface area contributed by atoms with Crippen LogP contribution in [0.4, 0.5) is 5.69 Å². The smallest absolute Gasteiger partial charge is 0.274 e. The van der Waals surface area contributed by atoms with Gasteiger partial charge in [-0.25, -0.2) is 5.48 Å². The van der Waals surface area contributed by atoms with Gasteiger partial charge >= 0.3 is 0 Å². The Morgan fingerprint density at radius 1 is 0.857 bits per heavy atom. The molecule has 2 aromatic rings. The number of anilines is 1. The summed E-state index contributed by atoms with van der Waals surface area (Å²) < 4.78 is 0. The highest BCUT2D eigenvalue weighted by Crippen LogP contribution is 2.14. The van der Waals surface area contributed by atoms with Crippen molar-refractivity contribution in [2.24, 2.45) is 0 Å². The maximum Gasteiger partial charge on any atom is 0.274 e. The molecule has 0 radical (unpaired) electrons. The first kappa shape index (κ1) is 14.7. The first-order valence-electron chi connectivity index (χ1n) is 6.44. The number of carbonyl (C=O) groups is 2. The first-order chi connectivity index (χ1) is 10.0. The van der Waals surface area contributed by atoms with E-state index in [0.29, 0.717) is 16.8 Å². The van der Waals surface area contributed by atoms with Crippen LogP contribution < -0.4 is 10.8 Å². The van der Waals surface area contributed by atoms with Gasteiger partial charge in [0.15, 0.2) is 0 Å². The second kappa shape index (κ2) is 6.19. The van der Waals surface area contributed by atoms with Gasteiger partial charge in [-0.2, -0.15) is 0 Å². The zero-order chi connectivity index (χ0) is 15.4. The summed E-state index contributed by atoms with van der Waals surface area (Å²) >= 11 is 0. The van der Waals surface area contributed by atoms with Gasteiger partial charge in [0.25, 0.3) is 11.8 Å². The number of carbonyl (C=O) groups excluding carboxylic acids is 2. The van der Waals surface area contributed by atoms with Gasteiger partial charge in [0.1, 0.15) is 0 Å². The van der Waals surface area contributed by atoms with E-state index in [1.807, 2.05) is 26.0 Å². The topological polar surface area (TPSA) is 78.4 Å². The normalized spacial score (nSPS) is 10.0. The van der Waals surface area contributed by atoms with Crippen molar-refractivity contribution in [1.29, 1.82) is 0 Å². The van der Waals surface area contributed by atoms with E-state index in [2.05, 4.69) is 5.32 Å². The predicted octanol–water partition coefficient (Wildman–Crippen LogP) is 2.67. The molecule has 2 aromatic carbocycles. The lowest BCUT2D eigenvalue weighted by atomic mass is 10.1. The molecule has 0 bridgehead atoms. The second-order valence-corrected chi connectivity index (χ2v) is 4.77. The van der Waals surface area contributed by atoms with Gasteiger partial charge in [-0.15, -0.1) is 0 Å². The predicted molar refractivity (Wildman–Crippen MR) is 79.6 cm³/mol. The van der Waals surface area contributed by atoms with E-state index in [-0.39, 0.29) is 5.91 Å². The number of hydrogen-bond acceptors (Lipinski definition) is 3. The Hall–Kier alpha value is -2.66. The zero-order valence-corrected chi connectivity index (χ0v) is 11.8. The summed E-state index contributed by atoms with van der Waals surface area (Å²) in [5.74, 6) is -0.806. The molecule has 0 fully saturated rings. The van der Waals surface area contributed by atoms with Crippen LogP contribution >= 0.6 is 0 Å². The molecule has 0 spiro atoms. The monoisotopic (exact) mass is 284 g/mol. The van der Waals surface area contributed by atoms with Gasteiger partial charge < -0.3 is 5.32 Å². The van der Waals surface area contributed by atoms with Gasteiger partial charge in [0.05, 0.1) is 0 Å². The fraction of sp³-hybridized carbons (Fsp3) is 0.125. The van der Waals surface area contributed by atoms with Gasteiger partial charge in [-0.05, 0) is 61.4 Å². The molecular weight excluding hydrogens is 268 g/mol. The van der Waals surface area contributed by atoms with Crippen LogP contribution in [0.1, 0.15) is 31.8 Å². The van der Waals surface area contributed by atoms with Crippen molar-refractivity contribution in [2.45, 2.75) is 13.8 Å². The molecule has 0 aromatic heterocycles. The Balaban J connectivity index is 2.12. The highest BCUT2D eigenvalue weighted by Gasteiger charge is 2.08. The minimum absolute atomic E-state index is 0.211. The van der Waals surface area contributed by atoms with E-state index >= 15 is 0 Å². The summed E-state index contributed by atoms with van der Waals surface area (Å²) in [7, 11) is 0. The lowest BCUT2D eigenvalue weighted by Gasteiger charge is -2.08. The number of amides is 2. The Morgan fingerprint density at radius 3 is 2.05 bits per heavy atom. The van der Waals surface area contributed by atoms with Gasteiger partial charge in [0.2, 0.25) is 0 Å². The fourth-order valence-electron chi connectivity index (χ4n) is 1.86. The number of aryl methyl sites for hydroxylation is 2. The maximum atomic E-state index is 12.1. The van der Waals surface area contributed by atoms with Crippen molar-refractivity contribution in [2.75, 3.05) is 5.32 Å². The molecule has 2 rings (SSSR count). The van der Waals surface area contributed by atoms with Crippen LogP contribution in [0.3, 0.4) is 0 Å². The number of hydrogen-bond donors (Lipinski definition) is 3. The van der Waals surface area contributed by atoms with Crippen molar-refractivity contribution >= 4 is 17.5 Å². The third kappa shape index (κ3) is 3.46. The van der Waals surface area contributed by atoms with Gasteiger partial charge in [0, 0.05) is 16.8 Å². The number of benzene rings is 2. The Kier molecular flexibility index (Phi) is 4.35. The number of rotatable bonds is 3. The van der Waals surface area contributed by atoms with E-state index in [9.17, 15) is 9.59 Å². The minimum Gasteiger partial charge on any atom is -0.322 e. The molecule has 21 heavy (non-hydrogen) atoms. The highest BCUT2D eigenvalue weighted by atomic mass is 16.5. The van der Waals surface area contributed by atoms with Crippen LogP contribution in [-0.4, -0.2) is 17.0 Å². The SMILES string of the molecule is Cc1ccc(C(=O)Nc2ccc(C(=O)NO)cc2)cc1C. The highest BCUT2D eigenvalue weighted by molar-refractivity contribution is 6.04. The summed E-state index contributed by atoms with van der Waals surface area (Å²) in [6, 6.07) is 11.7. The van der Waals surface area contributed by atoms with Crippen LogP contribution in [0.2, 0.25) is 0 Å². The zero-order valence-electron chi connectivity index (χ0n) is 11.8. The standard InChI is InChI=1S/C16H16N2O3/c1-10-3-4-13(9-11(10)2)15(19)17-14-7-5-12(6-8-14)16(20)18-21/h3-9,21H,1-2H3,(H,17,19)(H,18,20). The van der Waals surface area contributed by atoms with Crippen LogP contribution in [-0.2, 0) is 0 Å². The Morgan fingerprint density at radius 2 is 1.48 bits per heavy atom. The lowest BCUT2D eigenvalue weighted by Crippen LogP contribution is -2.18. The summed E-state index contributed by atoms with van der Waals surface area (Å²) in [4.78, 5) is 23.3. The molecule has 0 aliphatic heterocycles. The molecule has 0 unspecified atom stereocenters. The second-order valence-electron chi connectivity index (χ2n) is 4.77. The summed E-state index contributed by atoms with van der Waals surface area (Å²) in [5, 5.41) is 11.3. The van der Waals surface area contributed by atoms with Crippen LogP contribution in [0.25, 0.3) is 0 Å². The van der Waals surface area contributed by atoms with E-state index in [4.69, 9.17) is 5.21 Å². The third-order valence-electron chi connectivity index (χ3n) is 3.28. The summed E-state index contributed by atoms with van der Waals surface area (Å²) in [6.07, 6.45) is 0. The molecule has 5 nitrogen and oxygen atoms in total. The lowest BCUT2D eigenvalue weighted by molar-refractivity contribution is 0.0706. The van der Waals surface area contributed by atoms with Crippen molar-refractivity contribution in [3.05, 3.63) is 64.7 Å². The average Bonchev–Trinajstić information content (AvgIpc) is 2.50. The van der Waals surface area contributed by atoms with E-state index < -0.39 is 5.91 Å². The minimum atomic E-state index is -0.595. The van der Waals surface area contributed by atoms with E-state index in [1.54, 1.807) is 23.7 Å². The molecule has 5 heteroatoms. The molecule has 0 heterocycles. The van der Waals surface area contributed by atoms with Gasteiger partial charge in [-0.1, -0.05) is 6.07 Å². The Bertz CT molecular complexity index is 678. The van der Waals surface area contributed by atoms with Crippen LogP contribution in [0.15, 0.2) is 42.5 Å². The molecule has 0 aliphatic rings. The Labute approximate surface area is 122 Å². The molecular formula is C16H16N2O3. The molecule has 2 amide bonds. The van der Waals surface area contributed by atoms with Crippen molar-refractivity contribution in [3.63, 3.8) is 0 Å². The molecule has 0 saturated carbocycles. The van der Waals surface area contributed by atoms with Crippen molar-refractivity contribution in [1.82, 2.24) is 5.48 Å². The van der Waals surface area contributed by atoms with Crippen molar-refractivity contribution in [3.8, 4) is 0 Å². The average molecular weight is 284 g/mol. The number of hydroxylamine groups is 1. The fourth-order valence-corrected chi connectivity index (χ4v) is 1.86. The molecule has 0 aliphatic carbocycles. The summed E-state index contributed by atoms with van der Waals surface area (Å²) in [5.41, 5.74) is 5.20. The van der Waals surface area contributed by atoms with Crippen molar-refractivity contribution < 1.29 is 14.8 Å². The number of nitrogens with one attached hydrogen (secondary N) is 2. The first-order valence-corrected chi connectivity index (χ1v) is 6.44. The largest absolute Gasteiger partial charge is 0.322 e.